The Hall–Kier alpha value is -2.52. The van der Waals surface area contributed by atoms with Crippen molar-refractivity contribution in [2.24, 2.45) is 0 Å². The maximum atomic E-state index is 9.20. The van der Waals surface area contributed by atoms with Gasteiger partial charge >= 0.3 is 0 Å². The van der Waals surface area contributed by atoms with Crippen molar-refractivity contribution in [2.75, 3.05) is 73.3 Å². The van der Waals surface area contributed by atoms with Crippen molar-refractivity contribution >= 4 is 22.7 Å². The predicted octanol–water partition coefficient (Wildman–Crippen LogP) is 1.02. The quantitative estimate of drug-likeness (QED) is 0.275. The van der Waals surface area contributed by atoms with E-state index in [9.17, 15) is 10.2 Å². The number of hydrogen-bond donors (Lipinski definition) is 6. The Morgan fingerprint density at radius 3 is 1.62 bits per heavy atom. The number of rotatable bonds is 13. The third-order valence-electron chi connectivity index (χ3n) is 4.63. The van der Waals surface area contributed by atoms with E-state index in [0.717, 1.165) is 28.3 Å². The molecule has 8 nitrogen and oxygen atoms in total. The van der Waals surface area contributed by atoms with E-state index in [0.29, 0.717) is 26.2 Å². The number of anilines is 4. The van der Waals surface area contributed by atoms with Crippen molar-refractivity contribution in [3.05, 3.63) is 48.0 Å². The van der Waals surface area contributed by atoms with Crippen LogP contribution in [0, 0.1) is 6.92 Å². The fraction of sp³-hybridized carbons (Fsp3) is 0.429. The van der Waals surface area contributed by atoms with E-state index in [-0.39, 0.29) is 26.4 Å². The molecule has 0 heterocycles. The average Bonchev–Trinajstić information content (AvgIpc) is 2.73. The van der Waals surface area contributed by atoms with Gasteiger partial charge in [0, 0.05) is 37.6 Å². The zero-order valence-electron chi connectivity index (χ0n) is 16.9. The van der Waals surface area contributed by atoms with Gasteiger partial charge in [0.2, 0.25) is 0 Å². The molecule has 0 radical (unpaired) electrons. The van der Waals surface area contributed by atoms with E-state index in [4.69, 9.17) is 10.2 Å². The topological polar surface area (TPSA) is 111 Å². The predicted molar refractivity (Wildman–Crippen MR) is 118 cm³/mol. The molecule has 2 aromatic carbocycles. The number of nitrogens with one attached hydrogen (secondary N) is 2. The van der Waals surface area contributed by atoms with Crippen LogP contribution in [0.15, 0.2) is 42.5 Å². The Kier molecular flexibility index (Phi) is 9.52. The van der Waals surface area contributed by atoms with Crippen LogP contribution in [0.3, 0.4) is 0 Å². The molecule has 0 amide bonds. The molecule has 0 fully saturated rings. The smallest absolute Gasteiger partial charge is 0.0606 e. The van der Waals surface area contributed by atoms with Crippen molar-refractivity contribution in [3.63, 3.8) is 0 Å². The first-order valence-electron chi connectivity index (χ1n) is 9.79. The standard InChI is InChI=1S/C21H32N4O4/c1-17-16-20(25(10-14-28)11-15-29)6-7-21(17)23-22-18-2-4-19(5-3-18)24(8-12-26)9-13-27/h2-7,16,22-23,26-29H,8-15H2,1H3. The molecule has 0 aliphatic heterocycles. The number of nitrogens with zero attached hydrogens (tertiary/aromatic N) is 2. The summed E-state index contributed by atoms with van der Waals surface area (Å²) in [6.07, 6.45) is 0. The van der Waals surface area contributed by atoms with E-state index < -0.39 is 0 Å². The molecule has 8 heteroatoms. The molecule has 29 heavy (non-hydrogen) atoms. The Bertz CT molecular complexity index is 715. The highest BCUT2D eigenvalue weighted by atomic mass is 16.3. The van der Waals surface area contributed by atoms with Gasteiger partial charge in [-0.1, -0.05) is 0 Å². The van der Waals surface area contributed by atoms with Crippen LogP contribution >= 0.6 is 0 Å². The zero-order chi connectivity index (χ0) is 21.1. The maximum Gasteiger partial charge on any atom is 0.0606 e. The summed E-state index contributed by atoms with van der Waals surface area (Å²) < 4.78 is 0. The summed E-state index contributed by atoms with van der Waals surface area (Å²) in [4.78, 5) is 3.86. The number of aliphatic hydroxyl groups excluding tert-OH is 4. The minimum atomic E-state index is 0.0324. The van der Waals surface area contributed by atoms with Crippen molar-refractivity contribution < 1.29 is 20.4 Å². The maximum absolute atomic E-state index is 9.20. The van der Waals surface area contributed by atoms with E-state index in [2.05, 4.69) is 10.9 Å². The largest absolute Gasteiger partial charge is 0.395 e. The van der Waals surface area contributed by atoms with Crippen LogP contribution in [0.1, 0.15) is 5.56 Å². The Morgan fingerprint density at radius 2 is 1.14 bits per heavy atom. The van der Waals surface area contributed by atoms with Gasteiger partial charge in [-0.3, -0.25) is 0 Å². The van der Waals surface area contributed by atoms with E-state index in [1.165, 1.54) is 0 Å². The molecule has 0 saturated carbocycles. The lowest BCUT2D eigenvalue weighted by atomic mass is 10.1. The highest BCUT2D eigenvalue weighted by molar-refractivity contribution is 5.63. The minimum absolute atomic E-state index is 0.0324. The summed E-state index contributed by atoms with van der Waals surface area (Å²) in [5.74, 6) is 0. The van der Waals surface area contributed by atoms with Crippen LogP contribution in [0.4, 0.5) is 22.7 Å². The van der Waals surface area contributed by atoms with Gasteiger partial charge in [0.05, 0.1) is 37.8 Å². The third kappa shape index (κ3) is 6.79. The van der Waals surface area contributed by atoms with Gasteiger partial charge in [-0.05, 0) is 55.0 Å². The first kappa shape index (κ1) is 22.8. The van der Waals surface area contributed by atoms with Crippen LogP contribution in [0.5, 0.6) is 0 Å². The molecular formula is C21H32N4O4. The highest BCUT2D eigenvalue weighted by Crippen LogP contribution is 2.23. The molecule has 0 aromatic heterocycles. The average molecular weight is 405 g/mol. The van der Waals surface area contributed by atoms with Crippen LogP contribution in [-0.2, 0) is 0 Å². The van der Waals surface area contributed by atoms with E-state index >= 15 is 0 Å². The monoisotopic (exact) mass is 404 g/mol. The van der Waals surface area contributed by atoms with Gasteiger partial charge in [-0.15, -0.1) is 0 Å². The molecule has 0 unspecified atom stereocenters. The van der Waals surface area contributed by atoms with Crippen molar-refractivity contribution in [1.82, 2.24) is 0 Å². The van der Waals surface area contributed by atoms with Gasteiger partial charge in [-0.2, -0.15) is 0 Å². The fourth-order valence-corrected chi connectivity index (χ4v) is 3.10. The molecule has 0 aliphatic carbocycles. The van der Waals surface area contributed by atoms with E-state index in [1.54, 1.807) is 0 Å². The second-order valence-corrected chi connectivity index (χ2v) is 6.66. The summed E-state index contributed by atoms with van der Waals surface area (Å²) in [7, 11) is 0. The molecule has 0 bridgehead atoms. The van der Waals surface area contributed by atoms with Crippen LogP contribution in [-0.4, -0.2) is 73.0 Å². The molecule has 0 spiro atoms. The van der Waals surface area contributed by atoms with Gasteiger partial charge in [-0.25, -0.2) is 0 Å². The van der Waals surface area contributed by atoms with Gasteiger partial charge in [0.25, 0.3) is 0 Å². The number of benzene rings is 2. The number of aryl methyl sites for hydroxylation is 1. The summed E-state index contributed by atoms with van der Waals surface area (Å²) in [6.45, 7) is 4.02. The summed E-state index contributed by atoms with van der Waals surface area (Å²) >= 11 is 0. The normalized spacial score (nSPS) is 10.7. The van der Waals surface area contributed by atoms with Crippen LogP contribution < -0.4 is 20.7 Å². The van der Waals surface area contributed by atoms with Gasteiger partial charge in [0.1, 0.15) is 0 Å². The molecule has 2 aromatic rings. The van der Waals surface area contributed by atoms with Crippen LogP contribution in [0.2, 0.25) is 0 Å². The fourth-order valence-electron chi connectivity index (χ4n) is 3.10. The van der Waals surface area contributed by atoms with Crippen molar-refractivity contribution in [2.45, 2.75) is 6.92 Å². The molecule has 0 aliphatic rings. The zero-order valence-corrected chi connectivity index (χ0v) is 16.9. The first-order valence-corrected chi connectivity index (χ1v) is 9.79. The molecule has 160 valence electrons. The van der Waals surface area contributed by atoms with Gasteiger partial charge < -0.3 is 41.1 Å². The van der Waals surface area contributed by atoms with Crippen molar-refractivity contribution in [3.8, 4) is 0 Å². The second-order valence-electron chi connectivity index (χ2n) is 6.66. The van der Waals surface area contributed by atoms with E-state index in [1.807, 2.05) is 59.2 Å². The molecule has 0 saturated heterocycles. The summed E-state index contributed by atoms with van der Waals surface area (Å²) in [6, 6.07) is 13.7. The lowest BCUT2D eigenvalue weighted by molar-refractivity contribution is 0.280. The SMILES string of the molecule is Cc1cc(N(CCO)CCO)ccc1NNc1ccc(N(CCO)CCO)cc1. The molecule has 2 rings (SSSR count). The summed E-state index contributed by atoms with van der Waals surface area (Å²) in [5.41, 5.74) is 11.1. The Morgan fingerprint density at radius 1 is 0.655 bits per heavy atom. The Balaban J connectivity index is 2.00. The number of hydrazine groups is 1. The second kappa shape index (κ2) is 12.1. The van der Waals surface area contributed by atoms with Crippen molar-refractivity contribution in [1.29, 1.82) is 0 Å². The molecule has 0 atom stereocenters. The lowest BCUT2D eigenvalue weighted by Gasteiger charge is -2.24. The third-order valence-corrected chi connectivity index (χ3v) is 4.63. The minimum Gasteiger partial charge on any atom is -0.395 e. The first-order chi connectivity index (χ1) is 14.1. The lowest BCUT2D eigenvalue weighted by Crippen LogP contribution is -2.29. The Labute approximate surface area is 172 Å². The molecule has 6 N–H and O–H groups in total. The number of aliphatic hydroxyl groups is 4. The highest BCUT2D eigenvalue weighted by Gasteiger charge is 2.08. The number of hydrogen-bond acceptors (Lipinski definition) is 8. The molecular weight excluding hydrogens is 372 g/mol. The summed E-state index contributed by atoms with van der Waals surface area (Å²) in [5, 5.41) is 36.7. The van der Waals surface area contributed by atoms with Gasteiger partial charge in [0.15, 0.2) is 0 Å². The van der Waals surface area contributed by atoms with Crippen LogP contribution in [0.25, 0.3) is 0 Å².